The maximum atomic E-state index is 12.7. The van der Waals surface area contributed by atoms with E-state index in [0.29, 0.717) is 11.9 Å². The first kappa shape index (κ1) is 16.5. The first-order valence-electron chi connectivity index (χ1n) is 5.46. The van der Waals surface area contributed by atoms with Crippen molar-refractivity contribution in [2.24, 2.45) is 5.92 Å². The molecule has 1 aromatic carbocycles. The molecule has 1 aromatic rings. The van der Waals surface area contributed by atoms with Gasteiger partial charge in [0.2, 0.25) is 0 Å². The molecule has 0 heterocycles. The molecule has 0 saturated carbocycles. The second-order valence-corrected chi connectivity index (χ2v) is 5.66. The van der Waals surface area contributed by atoms with Crippen LogP contribution in [-0.4, -0.2) is 17.8 Å². The lowest BCUT2D eigenvalue weighted by molar-refractivity contribution is -0.138. The zero-order valence-corrected chi connectivity index (χ0v) is 13.2. The molecule has 1 rings (SSSR count). The van der Waals surface area contributed by atoms with Gasteiger partial charge in [0.05, 0.1) is 5.56 Å². The number of halogens is 5. The number of nitrogens with one attached hydrogen (secondary N) is 1. The molecule has 0 bridgehead atoms. The Kier molecular flexibility index (Phi) is 5.85. The zero-order valence-electron chi connectivity index (χ0n) is 10.0. The van der Waals surface area contributed by atoms with Crippen LogP contribution in [0.5, 0.6) is 0 Å². The topological polar surface area (TPSA) is 29.1 Å². The van der Waals surface area contributed by atoms with Crippen LogP contribution in [0.4, 0.5) is 13.2 Å². The smallest absolute Gasteiger partial charge is 0.352 e. The van der Waals surface area contributed by atoms with Crippen LogP contribution in [0.1, 0.15) is 22.8 Å². The number of carbonyl (C=O) groups is 1. The molecule has 0 aromatic heterocycles. The Balaban J connectivity index is 2.87. The van der Waals surface area contributed by atoms with Gasteiger partial charge in [-0.25, -0.2) is 0 Å². The van der Waals surface area contributed by atoms with Gasteiger partial charge in [0.1, 0.15) is 0 Å². The number of hydrogen-bond donors (Lipinski definition) is 1. The number of amides is 1. The van der Waals surface area contributed by atoms with E-state index in [9.17, 15) is 18.0 Å². The third-order valence-corrected chi connectivity index (χ3v) is 4.21. The van der Waals surface area contributed by atoms with Gasteiger partial charge in [-0.2, -0.15) is 13.2 Å². The fourth-order valence-electron chi connectivity index (χ4n) is 1.31. The minimum absolute atomic E-state index is 0.00250. The van der Waals surface area contributed by atoms with E-state index in [1.165, 1.54) is 12.1 Å². The van der Waals surface area contributed by atoms with Crippen molar-refractivity contribution in [3.63, 3.8) is 0 Å². The van der Waals surface area contributed by atoms with Crippen LogP contribution >= 0.6 is 31.9 Å². The van der Waals surface area contributed by atoms with Gasteiger partial charge in [-0.3, -0.25) is 4.79 Å². The SMILES string of the molecule is CC(CBr)CNC(=O)c1ccc(Br)c(C(F)(F)F)c1. The van der Waals surface area contributed by atoms with Gasteiger partial charge in [-0.15, -0.1) is 0 Å². The molecule has 1 amide bonds. The Morgan fingerprint density at radius 2 is 2.05 bits per heavy atom. The fraction of sp³-hybridized carbons (Fsp3) is 0.417. The van der Waals surface area contributed by atoms with Crippen LogP contribution in [0, 0.1) is 5.92 Å². The molecule has 0 aliphatic rings. The number of rotatable bonds is 4. The molecular formula is C12H12Br2F3NO. The summed E-state index contributed by atoms with van der Waals surface area (Å²) in [7, 11) is 0. The van der Waals surface area contributed by atoms with Crippen molar-refractivity contribution in [2.45, 2.75) is 13.1 Å². The van der Waals surface area contributed by atoms with Crippen molar-refractivity contribution in [1.82, 2.24) is 5.32 Å². The van der Waals surface area contributed by atoms with Crippen LogP contribution in [0.15, 0.2) is 22.7 Å². The molecule has 7 heteroatoms. The van der Waals surface area contributed by atoms with Crippen LogP contribution in [0.2, 0.25) is 0 Å². The molecule has 0 radical (unpaired) electrons. The summed E-state index contributed by atoms with van der Waals surface area (Å²) in [5.41, 5.74) is -0.856. The largest absolute Gasteiger partial charge is 0.417 e. The summed E-state index contributed by atoms with van der Waals surface area (Å²) in [6, 6.07) is 3.43. The van der Waals surface area contributed by atoms with E-state index in [4.69, 9.17) is 0 Å². The number of carbonyl (C=O) groups excluding carboxylic acids is 1. The third-order valence-electron chi connectivity index (χ3n) is 2.41. The summed E-state index contributed by atoms with van der Waals surface area (Å²) in [6.45, 7) is 2.32. The van der Waals surface area contributed by atoms with Crippen molar-refractivity contribution in [3.8, 4) is 0 Å². The van der Waals surface area contributed by atoms with Crippen molar-refractivity contribution in [1.29, 1.82) is 0 Å². The van der Waals surface area contributed by atoms with E-state index < -0.39 is 17.6 Å². The Morgan fingerprint density at radius 3 is 2.58 bits per heavy atom. The summed E-state index contributed by atoms with van der Waals surface area (Å²) in [5.74, 6) is -0.299. The highest BCUT2D eigenvalue weighted by Crippen LogP contribution is 2.35. The van der Waals surface area contributed by atoms with E-state index in [1.807, 2.05) is 6.92 Å². The van der Waals surface area contributed by atoms with Gasteiger partial charge in [0.15, 0.2) is 0 Å². The lowest BCUT2D eigenvalue weighted by atomic mass is 10.1. The average molecular weight is 403 g/mol. The Morgan fingerprint density at radius 1 is 1.42 bits per heavy atom. The first-order valence-corrected chi connectivity index (χ1v) is 7.38. The second kappa shape index (κ2) is 6.74. The highest BCUT2D eigenvalue weighted by Gasteiger charge is 2.33. The first-order chi connectivity index (χ1) is 8.75. The van der Waals surface area contributed by atoms with Crippen LogP contribution in [0.3, 0.4) is 0 Å². The lowest BCUT2D eigenvalue weighted by Crippen LogP contribution is -2.29. The molecule has 0 aliphatic carbocycles. The maximum Gasteiger partial charge on any atom is 0.417 e. The van der Waals surface area contributed by atoms with Crippen molar-refractivity contribution < 1.29 is 18.0 Å². The summed E-state index contributed by atoms with van der Waals surface area (Å²) < 4.78 is 38.0. The predicted molar refractivity (Wildman–Crippen MR) is 74.4 cm³/mol. The van der Waals surface area contributed by atoms with E-state index in [1.54, 1.807) is 0 Å². The summed E-state index contributed by atoms with van der Waals surface area (Å²) in [5, 5.41) is 3.31. The molecule has 0 fully saturated rings. The molecular weight excluding hydrogens is 391 g/mol. The third kappa shape index (κ3) is 4.80. The van der Waals surface area contributed by atoms with Gasteiger partial charge >= 0.3 is 6.18 Å². The quantitative estimate of drug-likeness (QED) is 0.750. The molecule has 1 atom stereocenters. The van der Waals surface area contributed by atoms with E-state index in [2.05, 4.69) is 37.2 Å². The normalized spacial score (nSPS) is 13.2. The van der Waals surface area contributed by atoms with E-state index >= 15 is 0 Å². The molecule has 0 saturated heterocycles. The van der Waals surface area contributed by atoms with Crippen molar-refractivity contribution >= 4 is 37.8 Å². The Hall–Kier alpha value is -0.560. The minimum Gasteiger partial charge on any atom is -0.352 e. The monoisotopic (exact) mass is 401 g/mol. The zero-order chi connectivity index (χ0) is 14.6. The number of hydrogen-bond acceptors (Lipinski definition) is 1. The van der Waals surface area contributed by atoms with Crippen LogP contribution < -0.4 is 5.32 Å². The fourth-order valence-corrected chi connectivity index (χ4v) is 2.01. The molecule has 2 nitrogen and oxygen atoms in total. The van der Waals surface area contributed by atoms with Crippen LogP contribution in [0.25, 0.3) is 0 Å². The number of benzene rings is 1. The standard InChI is InChI=1S/C12H12Br2F3NO/c1-7(5-13)6-18-11(19)8-2-3-10(14)9(4-8)12(15,16)17/h2-4,7H,5-6H2,1H3,(H,18,19). The highest BCUT2D eigenvalue weighted by atomic mass is 79.9. The van der Waals surface area contributed by atoms with Gasteiger partial charge in [0.25, 0.3) is 5.91 Å². The molecule has 1 N–H and O–H groups in total. The van der Waals surface area contributed by atoms with Crippen LogP contribution in [-0.2, 0) is 6.18 Å². The predicted octanol–water partition coefficient (Wildman–Crippen LogP) is 4.23. The minimum atomic E-state index is -4.49. The average Bonchev–Trinajstić information content (AvgIpc) is 2.34. The summed E-state index contributed by atoms with van der Waals surface area (Å²) in [6.07, 6.45) is -4.49. The van der Waals surface area contributed by atoms with Gasteiger partial charge in [-0.05, 0) is 24.1 Å². The molecule has 1 unspecified atom stereocenters. The molecule has 19 heavy (non-hydrogen) atoms. The summed E-state index contributed by atoms with van der Waals surface area (Å²) >= 11 is 6.09. The lowest BCUT2D eigenvalue weighted by Gasteiger charge is -2.12. The van der Waals surface area contributed by atoms with Gasteiger partial charge in [-0.1, -0.05) is 38.8 Å². The van der Waals surface area contributed by atoms with E-state index in [-0.39, 0.29) is 16.0 Å². The van der Waals surface area contributed by atoms with E-state index in [0.717, 1.165) is 6.07 Å². The molecule has 0 aliphatic heterocycles. The van der Waals surface area contributed by atoms with Crippen molar-refractivity contribution in [3.05, 3.63) is 33.8 Å². The van der Waals surface area contributed by atoms with Gasteiger partial charge < -0.3 is 5.32 Å². The second-order valence-electron chi connectivity index (χ2n) is 4.16. The molecule has 0 spiro atoms. The number of alkyl halides is 4. The van der Waals surface area contributed by atoms with Gasteiger partial charge in [0, 0.05) is 21.9 Å². The maximum absolute atomic E-state index is 12.7. The Bertz CT molecular complexity index is 463. The van der Waals surface area contributed by atoms with Crippen molar-refractivity contribution in [2.75, 3.05) is 11.9 Å². The summed E-state index contributed by atoms with van der Waals surface area (Å²) in [4.78, 5) is 11.7. The highest BCUT2D eigenvalue weighted by molar-refractivity contribution is 9.10. The Labute approximate surface area is 126 Å². The molecule has 106 valence electrons.